The van der Waals surface area contributed by atoms with Crippen LogP contribution in [-0.4, -0.2) is 25.3 Å². The number of thiophene rings is 1. The van der Waals surface area contributed by atoms with Crippen LogP contribution in [0.25, 0.3) is 11.1 Å². The number of halogens is 3. The summed E-state index contributed by atoms with van der Waals surface area (Å²) in [6.45, 7) is 6.31. The first-order valence-electron chi connectivity index (χ1n) is 11.8. The number of benzene rings is 2. The topological polar surface area (TPSA) is 79.5 Å². The van der Waals surface area contributed by atoms with E-state index in [1.807, 2.05) is 26.0 Å². The van der Waals surface area contributed by atoms with Crippen LogP contribution >= 0.6 is 23.1 Å². The van der Waals surface area contributed by atoms with E-state index in [1.165, 1.54) is 23.5 Å². The average Bonchev–Trinajstić information content (AvgIpc) is 3.34. The molecule has 1 heterocycles. The molecule has 0 saturated heterocycles. The van der Waals surface area contributed by atoms with Crippen molar-refractivity contribution in [1.82, 2.24) is 10.7 Å². The van der Waals surface area contributed by atoms with Crippen molar-refractivity contribution in [3.8, 4) is 11.1 Å². The Kier molecular flexibility index (Phi) is 9.80. The number of aryl methyl sites for hydroxylation is 2. The number of thioether (sulfide) groups is 1. The monoisotopic (exact) mass is 548 g/mol. The molecule has 37 heavy (non-hydrogen) atoms. The fraction of sp³-hybridized carbons (Fsp3) is 0.333. The standard InChI is InChI=1S/C27H31F3N4OS2/c1-5-6-21(22-11-12-23(37-22)26(35)33-15-24(32-4)34-31)36-20-13-16(2)25(17(3)14-20)18-7-9-19(10-8-18)27(28,29)30/h7-14,21H,5-6,15,31H2,1-4H3,(H,32,34)(H,33,35). The lowest BCUT2D eigenvalue weighted by molar-refractivity contribution is -0.137. The van der Waals surface area contributed by atoms with Gasteiger partial charge in [0.05, 0.1) is 17.0 Å². The lowest BCUT2D eigenvalue weighted by atomic mass is 9.95. The quantitative estimate of drug-likeness (QED) is 0.0893. The number of nitrogens with two attached hydrogens (primary N) is 1. The fourth-order valence-electron chi connectivity index (χ4n) is 4.05. The minimum Gasteiger partial charge on any atom is -0.344 e. The van der Waals surface area contributed by atoms with Crippen LogP contribution in [0.4, 0.5) is 13.2 Å². The number of nitrogens with zero attached hydrogens (tertiary/aromatic N) is 1. The second-order valence-electron chi connectivity index (χ2n) is 8.60. The van der Waals surface area contributed by atoms with Gasteiger partial charge in [-0.3, -0.25) is 9.79 Å². The number of hydrogen-bond acceptors (Lipinski definition) is 5. The number of amidine groups is 1. The number of amides is 1. The highest BCUT2D eigenvalue weighted by atomic mass is 32.2. The SMILES string of the molecule is CCCC(Sc1cc(C)c(-c2ccc(C(F)(F)F)cc2)c(C)c1)c1ccc(C(=O)NCC(=NC)NN)s1. The number of hydrogen-bond donors (Lipinski definition) is 3. The fourth-order valence-corrected chi connectivity index (χ4v) is 6.65. The van der Waals surface area contributed by atoms with Gasteiger partial charge >= 0.3 is 6.18 Å². The summed E-state index contributed by atoms with van der Waals surface area (Å²) in [5.74, 6) is 5.67. The summed E-state index contributed by atoms with van der Waals surface area (Å²) in [4.78, 5) is 19.3. The molecule has 5 nitrogen and oxygen atoms in total. The van der Waals surface area contributed by atoms with Crippen molar-refractivity contribution in [1.29, 1.82) is 0 Å². The first kappa shape index (κ1) is 28.7. The third-order valence-electron chi connectivity index (χ3n) is 5.86. The Morgan fingerprint density at radius 2 is 1.76 bits per heavy atom. The molecule has 3 aromatic rings. The second-order valence-corrected chi connectivity index (χ2v) is 11.0. The molecule has 1 aromatic heterocycles. The Morgan fingerprint density at radius 1 is 1.11 bits per heavy atom. The number of rotatable bonds is 9. The van der Waals surface area contributed by atoms with Crippen molar-refractivity contribution in [3.05, 3.63) is 75.0 Å². The molecule has 0 bridgehead atoms. The van der Waals surface area contributed by atoms with E-state index < -0.39 is 11.7 Å². The van der Waals surface area contributed by atoms with Crippen molar-refractivity contribution >= 4 is 34.8 Å². The lowest BCUT2D eigenvalue weighted by Gasteiger charge is -2.18. The highest BCUT2D eigenvalue weighted by molar-refractivity contribution is 7.99. The minimum absolute atomic E-state index is 0.172. The molecule has 2 aromatic carbocycles. The number of alkyl halides is 3. The van der Waals surface area contributed by atoms with E-state index in [9.17, 15) is 18.0 Å². The van der Waals surface area contributed by atoms with Gasteiger partial charge in [-0.25, -0.2) is 5.84 Å². The summed E-state index contributed by atoms with van der Waals surface area (Å²) in [7, 11) is 1.59. The van der Waals surface area contributed by atoms with Crippen molar-refractivity contribution < 1.29 is 18.0 Å². The van der Waals surface area contributed by atoms with Crippen LogP contribution in [0.3, 0.4) is 0 Å². The highest BCUT2D eigenvalue weighted by Gasteiger charge is 2.30. The molecule has 0 aliphatic rings. The molecule has 10 heteroatoms. The van der Waals surface area contributed by atoms with Crippen LogP contribution < -0.4 is 16.6 Å². The summed E-state index contributed by atoms with van der Waals surface area (Å²) in [6.07, 6.45) is -2.43. The normalized spacial score (nSPS) is 12.9. The van der Waals surface area contributed by atoms with Crippen LogP contribution in [0.15, 0.2) is 58.4 Å². The summed E-state index contributed by atoms with van der Waals surface area (Å²) >= 11 is 3.21. The molecule has 0 fully saturated rings. The largest absolute Gasteiger partial charge is 0.416 e. The molecular formula is C27H31F3N4OS2. The van der Waals surface area contributed by atoms with Gasteiger partial charge < -0.3 is 10.7 Å². The van der Waals surface area contributed by atoms with Crippen LogP contribution in [0.5, 0.6) is 0 Å². The first-order valence-corrected chi connectivity index (χ1v) is 13.5. The maximum Gasteiger partial charge on any atom is 0.416 e. The third-order valence-corrected chi connectivity index (χ3v) is 8.49. The van der Waals surface area contributed by atoms with Gasteiger partial charge in [0.25, 0.3) is 5.91 Å². The van der Waals surface area contributed by atoms with Crippen LogP contribution in [0, 0.1) is 13.8 Å². The highest BCUT2D eigenvalue weighted by Crippen LogP contribution is 2.43. The molecule has 0 saturated carbocycles. The van der Waals surface area contributed by atoms with Gasteiger partial charge in [-0.05, 0) is 78.9 Å². The molecular weight excluding hydrogens is 517 g/mol. The van der Waals surface area contributed by atoms with Crippen LogP contribution in [0.2, 0.25) is 0 Å². The zero-order valence-electron chi connectivity index (χ0n) is 21.2. The number of carbonyl (C=O) groups excluding carboxylic acids is 1. The van der Waals surface area contributed by atoms with E-state index in [1.54, 1.807) is 18.8 Å². The maximum atomic E-state index is 13.0. The van der Waals surface area contributed by atoms with Crippen molar-refractivity contribution in [2.75, 3.05) is 13.6 Å². The van der Waals surface area contributed by atoms with E-state index >= 15 is 0 Å². The molecule has 0 spiro atoms. The Labute approximate surface area is 223 Å². The minimum atomic E-state index is -4.35. The zero-order valence-corrected chi connectivity index (χ0v) is 22.8. The van der Waals surface area contributed by atoms with E-state index in [4.69, 9.17) is 5.84 Å². The molecule has 3 rings (SSSR count). The first-order chi connectivity index (χ1) is 17.6. The van der Waals surface area contributed by atoms with Gasteiger partial charge in [0.15, 0.2) is 0 Å². The van der Waals surface area contributed by atoms with Gasteiger partial charge in [-0.2, -0.15) is 13.2 Å². The van der Waals surface area contributed by atoms with Crippen molar-refractivity contribution in [2.24, 2.45) is 10.8 Å². The number of hydrazine groups is 1. The Morgan fingerprint density at radius 3 is 2.30 bits per heavy atom. The Balaban J connectivity index is 1.79. The molecule has 1 atom stereocenters. The second kappa shape index (κ2) is 12.6. The van der Waals surface area contributed by atoms with Gasteiger partial charge in [0.2, 0.25) is 0 Å². The van der Waals surface area contributed by atoms with Crippen molar-refractivity contribution in [2.45, 2.75) is 49.9 Å². The number of nitrogens with one attached hydrogen (secondary N) is 2. The van der Waals surface area contributed by atoms with E-state index in [2.05, 4.69) is 34.8 Å². The number of carbonyl (C=O) groups is 1. The molecule has 0 radical (unpaired) electrons. The summed E-state index contributed by atoms with van der Waals surface area (Å²) < 4.78 is 38.9. The molecule has 1 amide bonds. The predicted octanol–water partition coefficient (Wildman–Crippen LogP) is 6.91. The predicted molar refractivity (Wildman–Crippen MR) is 147 cm³/mol. The Bertz CT molecular complexity index is 1230. The van der Waals surface area contributed by atoms with E-state index in [-0.39, 0.29) is 17.7 Å². The van der Waals surface area contributed by atoms with Gasteiger partial charge in [-0.1, -0.05) is 25.5 Å². The smallest absolute Gasteiger partial charge is 0.344 e. The summed E-state index contributed by atoms with van der Waals surface area (Å²) in [6, 6.07) is 13.3. The van der Waals surface area contributed by atoms with Gasteiger partial charge in [0.1, 0.15) is 5.84 Å². The van der Waals surface area contributed by atoms with Crippen molar-refractivity contribution in [3.63, 3.8) is 0 Å². The zero-order chi connectivity index (χ0) is 27.2. The van der Waals surface area contributed by atoms with Crippen LogP contribution in [0.1, 0.15) is 56.3 Å². The lowest BCUT2D eigenvalue weighted by Crippen LogP contribution is -2.40. The van der Waals surface area contributed by atoms with E-state index in [0.29, 0.717) is 10.7 Å². The molecule has 198 valence electrons. The van der Waals surface area contributed by atoms with Gasteiger partial charge in [0, 0.05) is 22.1 Å². The molecule has 0 aliphatic heterocycles. The molecule has 1 unspecified atom stereocenters. The number of aliphatic imine (C=N–C) groups is 1. The molecule has 4 N–H and O–H groups in total. The average molecular weight is 549 g/mol. The van der Waals surface area contributed by atoms with Crippen LogP contribution in [-0.2, 0) is 6.18 Å². The third kappa shape index (κ3) is 7.37. The maximum absolute atomic E-state index is 13.0. The molecule has 0 aliphatic carbocycles. The van der Waals surface area contributed by atoms with E-state index in [0.717, 1.165) is 57.0 Å². The summed E-state index contributed by atoms with van der Waals surface area (Å²) in [5, 5.41) is 2.98. The van der Waals surface area contributed by atoms with Gasteiger partial charge in [-0.15, -0.1) is 23.1 Å². The Hall–Kier alpha value is -2.82. The summed E-state index contributed by atoms with van der Waals surface area (Å²) in [5.41, 5.74) is 5.52.